The Labute approximate surface area is 189 Å². The third-order valence-corrected chi connectivity index (χ3v) is 5.50. The van der Waals surface area contributed by atoms with Crippen LogP contribution in [0.4, 0.5) is 0 Å². The van der Waals surface area contributed by atoms with Gasteiger partial charge in [0.15, 0.2) is 0 Å². The van der Waals surface area contributed by atoms with Crippen LogP contribution in [0.1, 0.15) is 71.0 Å². The zero-order valence-corrected chi connectivity index (χ0v) is 18.3. The molecule has 1 aromatic heterocycles. The number of nitrogens with zero attached hydrogens (tertiary/aromatic N) is 2. The minimum atomic E-state index is -1.21. The number of unbranched alkanes of at least 4 members (excludes halogenated alkanes) is 4. The highest BCUT2D eigenvalue weighted by Crippen LogP contribution is 2.24. The number of aromatic nitrogens is 2. The molecule has 0 bridgehead atoms. The maximum Gasteiger partial charge on any atom is 0.336 e. The van der Waals surface area contributed by atoms with Crippen molar-refractivity contribution in [1.82, 2.24) is 9.78 Å². The minimum Gasteiger partial charge on any atom is -0.478 e. The first-order valence-corrected chi connectivity index (χ1v) is 11.3. The van der Waals surface area contributed by atoms with Gasteiger partial charge in [-0.25, -0.2) is 4.79 Å². The fourth-order valence-electron chi connectivity index (χ4n) is 3.84. The number of hydrogen-bond acceptors (Lipinski definition) is 3. The summed E-state index contributed by atoms with van der Waals surface area (Å²) < 4.78 is 31.9. The number of benzene rings is 2. The van der Waals surface area contributed by atoms with Crippen molar-refractivity contribution in [2.75, 3.05) is 13.2 Å². The number of aryl methyl sites for hydroxylation is 3. The van der Waals surface area contributed by atoms with Crippen molar-refractivity contribution >= 4 is 16.9 Å². The first-order valence-electron chi connectivity index (χ1n) is 12.8. The van der Waals surface area contributed by atoms with Gasteiger partial charge in [0.2, 0.25) is 0 Å². The van der Waals surface area contributed by atoms with Crippen molar-refractivity contribution in [3.8, 4) is 0 Å². The van der Waals surface area contributed by atoms with E-state index in [4.69, 9.17) is 8.85 Å². The quantitative estimate of drug-likeness (QED) is 0.327. The monoisotopic (exact) mass is 425 g/mol. The molecule has 0 unspecified atom stereocenters. The summed E-state index contributed by atoms with van der Waals surface area (Å²) in [6.45, 7) is 3.92. The van der Waals surface area contributed by atoms with Crippen molar-refractivity contribution in [2.24, 2.45) is 0 Å². The van der Waals surface area contributed by atoms with E-state index < -0.39 is 5.97 Å². The molecule has 5 heteroatoms. The molecule has 1 heterocycles. The van der Waals surface area contributed by atoms with Gasteiger partial charge >= 0.3 is 5.97 Å². The molecule has 3 aromatic rings. The SMILES string of the molecule is [2H]c1c(C(=O)O)c(CC)c2c(c([2H])nn2CCCCCCOCCCCc2ccccc2)c1[2H]. The van der Waals surface area contributed by atoms with Crippen LogP contribution in [0.25, 0.3) is 10.9 Å². The Bertz CT molecular complexity index is 1100. The summed E-state index contributed by atoms with van der Waals surface area (Å²) in [4.78, 5) is 11.7. The molecule has 31 heavy (non-hydrogen) atoms. The number of aromatic carboxylic acids is 1. The summed E-state index contributed by atoms with van der Waals surface area (Å²) in [5.74, 6) is -1.21. The first-order chi connectivity index (χ1) is 16.5. The molecule has 1 N–H and O–H groups in total. The van der Waals surface area contributed by atoms with Crippen LogP contribution in [0.2, 0.25) is 0 Å². The van der Waals surface area contributed by atoms with Gasteiger partial charge in [0.1, 0.15) is 0 Å². The average Bonchev–Trinajstić information content (AvgIpc) is 3.16. The average molecular weight is 426 g/mol. The predicted molar refractivity (Wildman–Crippen MR) is 125 cm³/mol. The molecule has 0 amide bonds. The Morgan fingerprint density at radius 2 is 1.81 bits per heavy atom. The topological polar surface area (TPSA) is 64.3 Å². The third kappa shape index (κ3) is 6.66. The van der Waals surface area contributed by atoms with Crippen LogP contribution in [-0.2, 0) is 24.1 Å². The highest BCUT2D eigenvalue weighted by molar-refractivity contribution is 5.96. The standard InChI is InChI=1S/C26H34N2O3/c1-2-23-24(26(29)30)16-15-22-20-27-28(25(22)23)17-9-3-4-10-18-31-19-11-8-14-21-12-6-5-7-13-21/h5-7,12-13,15-16,20H,2-4,8-11,14,17-19H2,1H3,(H,29,30)/i15D,16D,20D. The maximum absolute atomic E-state index is 11.7. The van der Waals surface area contributed by atoms with Crippen molar-refractivity contribution < 1.29 is 18.8 Å². The van der Waals surface area contributed by atoms with E-state index in [0.717, 1.165) is 58.2 Å². The molecular weight excluding hydrogens is 388 g/mol. The first kappa shape index (κ1) is 19.1. The highest BCUT2D eigenvalue weighted by Gasteiger charge is 2.15. The summed E-state index contributed by atoms with van der Waals surface area (Å²) in [7, 11) is 0. The van der Waals surface area contributed by atoms with Crippen molar-refractivity contribution in [3.63, 3.8) is 0 Å². The lowest BCUT2D eigenvalue weighted by atomic mass is 10.0. The molecular formula is C26H34N2O3. The molecule has 3 rings (SSSR count). The normalized spacial score (nSPS) is 12.6. The number of rotatable bonds is 14. The zero-order chi connectivity index (χ0) is 24.5. The molecule has 0 radical (unpaired) electrons. The second-order valence-corrected chi connectivity index (χ2v) is 7.79. The van der Waals surface area contributed by atoms with E-state index in [1.54, 1.807) is 4.68 Å². The Hall–Kier alpha value is -2.66. The minimum absolute atomic E-state index is 0.0687. The largest absolute Gasteiger partial charge is 0.478 e. The van der Waals surface area contributed by atoms with E-state index in [-0.39, 0.29) is 29.2 Å². The van der Waals surface area contributed by atoms with E-state index in [9.17, 15) is 9.90 Å². The van der Waals surface area contributed by atoms with Crippen molar-refractivity contribution in [1.29, 1.82) is 0 Å². The molecule has 0 saturated heterocycles. The highest BCUT2D eigenvalue weighted by atomic mass is 16.5. The van der Waals surface area contributed by atoms with Gasteiger partial charge < -0.3 is 9.84 Å². The molecule has 166 valence electrons. The molecule has 0 aliphatic carbocycles. The molecule has 5 nitrogen and oxygen atoms in total. The van der Waals surface area contributed by atoms with Gasteiger partial charge in [-0.05, 0) is 55.7 Å². The molecule has 2 aromatic carbocycles. The van der Waals surface area contributed by atoms with Crippen LogP contribution in [0.3, 0.4) is 0 Å². The molecule has 0 aliphatic heterocycles. The fourth-order valence-corrected chi connectivity index (χ4v) is 3.84. The van der Waals surface area contributed by atoms with Crippen LogP contribution in [0.5, 0.6) is 0 Å². The van der Waals surface area contributed by atoms with Crippen molar-refractivity contribution in [2.45, 2.75) is 64.8 Å². The summed E-state index contributed by atoms with van der Waals surface area (Å²) in [5.41, 5.74) is 2.22. The summed E-state index contributed by atoms with van der Waals surface area (Å²) >= 11 is 0. The van der Waals surface area contributed by atoms with Crippen LogP contribution in [0.15, 0.2) is 48.6 Å². The summed E-state index contributed by atoms with van der Waals surface area (Å²) in [5, 5.41) is 14.1. The van der Waals surface area contributed by atoms with E-state index in [1.165, 1.54) is 5.56 Å². The zero-order valence-electron chi connectivity index (χ0n) is 21.3. The lowest BCUT2D eigenvalue weighted by molar-refractivity contribution is 0.0696. The second kappa shape index (κ2) is 12.3. The van der Waals surface area contributed by atoms with Gasteiger partial charge in [0, 0.05) is 25.1 Å². The number of carboxylic acids is 1. The molecule has 0 aliphatic rings. The number of hydrogen-bond donors (Lipinski definition) is 1. The maximum atomic E-state index is 11.7. The van der Waals surface area contributed by atoms with Gasteiger partial charge in [-0.3, -0.25) is 4.68 Å². The molecule has 0 saturated carbocycles. The van der Waals surface area contributed by atoms with E-state index in [2.05, 4.69) is 29.4 Å². The number of fused-ring (bicyclic) bond motifs is 1. The lowest BCUT2D eigenvalue weighted by Crippen LogP contribution is -2.07. The Morgan fingerprint density at radius 1 is 1.06 bits per heavy atom. The van der Waals surface area contributed by atoms with E-state index in [1.807, 2.05) is 13.0 Å². The van der Waals surface area contributed by atoms with Gasteiger partial charge in [0.05, 0.1) is 21.4 Å². The van der Waals surface area contributed by atoms with Gasteiger partial charge in [-0.2, -0.15) is 5.10 Å². The van der Waals surface area contributed by atoms with Crippen LogP contribution in [0, 0.1) is 0 Å². The smallest absolute Gasteiger partial charge is 0.336 e. The molecule has 0 fully saturated rings. The van der Waals surface area contributed by atoms with E-state index >= 15 is 0 Å². The summed E-state index contributed by atoms with van der Waals surface area (Å²) in [6, 6.07) is 9.92. The van der Waals surface area contributed by atoms with Gasteiger partial charge in [-0.1, -0.05) is 56.1 Å². The second-order valence-electron chi connectivity index (χ2n) is 7.79. The Balaban J connectivity index is 1.42. The van der Waals surface area contributed by atoms with Gasteiger partial charge in [-0.15, -0.1) is 0 Å². The lowest BCUT2D eigenvalue weighted by Gasteiger charge is -2.10. The molecule has 0 atom stereocenters. The predicted octanol–water partition coefficient (Wildman–Crippen LogP) is 5.90. The Kier molecular flexibility index (Phi) is 7.53. The third-order valence-electron chi connectivity index (χ3n) is 5.50. The number of ether oxygens (including phenoxy) is 1. The van der Waals surface area contributed by atoms with E-state index in [0.29, 0.717) is 24.0 Å². The number of carbonyl (C=O) groups is 1. The Morgan fingerprint density at radius 3 is 2.55 bits per heavy atom. The summed E-state index contributed by atoms with van der Waals surface area (Å²) in [6.07, 6.45) is 7.45. The molecule has 0 spiro atoms. The number of carboxylic acid groups (broad SMARTS) is 1. The van der Waals surface area contributed by atoms with Crippen LogP contribution < -0.4 is 0 Å². The van der Waals surface area contributed by atoms with Crippen molar-refractivity contribution in [3.05, 3.63) is 65.3 Å². The van der Waals surface area contributed by atoms with Crippen LogP contribution >= 0.6 is 0 Å². The van der Waals surface area contributed by atoms with Gasteiger partial charge in [0.25, 0.3) is 0 Å². The van der Waals surface area contributed by atoms with Crippen LogP contribution in [-0.4, -0.2) is 34.1 Å². The fraction of sp³-hybridized carbons (Fsp3) is 0.462.